The maximum atomic E-state index is 10.3. The molecule has 12 heavy (non-hydrogen) atoms. The normalized spacial score (nSPS) is 10.2. The maximum absolute atomic E-state index is 10.3. The second-order valence-electron chi connectivity index (χ2n) is 1.82. The molecule has 1 rings (SSSR count). The van der Waals surface area contributed by atoms with Crippen LogP contribution in [-0.4, -0.2) is 19.5 Å². The Kier molecular flexibility index (Phi) is 5.07. The Labute approximate surface area is 75.8 Å². The summed E-state index contributed by atoms with van der Waals surface area (Å²) in [4.78, 5) is 0. The van der Waals surface area contributed by atoms with Gasteiger partial charge in [-0.15, -0.1) is 11.3 Å². The van der Waals surface area contributed by atoms with Crippen molar-refractivity contribution in [1.82, 2.24) is 0 Å². The molecule has 0 amide bonds. The van der Waals surface area contributed by atoms with Crippen molar-refractivity contribution in [2.45, 2.75) is 11.1 Å². The number of rotatable bonds is 1. The molecule has 1 aromatic heterocycles. The number of hydrogen-bond donors (Lipinski definition) is 2. The van der Waals surface area contributed by atoms with E-state index in [2.05, 4.69) is 0 Å². The first-order chi connectivity index (χ1) is 5.52. The molecule has 0 aliphatic carbocycles. The zero-order valence-electron chi connectivity index (χ0n) is 6.60. The minimum Gasteiger partial charge on any atom is -0.331 e. The van der Waals surface area contributed by atoms with Crippen LogP contribution in [-0.2, 0) is 10.1 Å². The maximum Gasteiger partial charge on any atom is 0.304 e. The summed E-state index contributed by atoms with van der Waals surface area (Å²) in [6, 6.07) is 2.91. The van der Waals surface area contributed by atoms with Gasteiger partial charge in [0.2, 0.25) is 0 Å². The van der Waals surface area contributed by atoms with Crippen molar-refractivity contribution in [2.24, 2.45) is 5.73 Å². The van der Waals surface area contributed by atoms with Gasteiger partial charge < -0.3 is 5.73 Å². The van der Waals surface area contributed by atoms with Gasteiger partial charge in [-0.05, 0) is 18.0 Å². The van der Waals surface area contributed by atoms with E-state index in [4.69, 9.17) is 10.3 Å². The van der Waals surface area contributed by atoms with Crippen molar-refractivity contribution in [3.63, 3.8) is 0 Å². The zero-order chi connectivity index (χ0) is 9.61. The predicted molar refractivity (Wildman–Crippen MR) is 48.9 cm³/mol. The summed E-state index contributed by atoms with van der Waals surface area (Å²) >= 11 is 0.992. The molecule has 0 fully saturated rings. The van der Waals surface area contributed by atoms with E-state index < -0.39 is 10.1 Å². The van der Waals surface area contributed by atoms with Crippen molar-refractivity contribution in [2.75, 3.05) is 6.54 Å². The van der Waals surface area contributed by atoms with Gasteiger partial charge in [0.15, 0.2) is 0 Å². The Morgan fingerprint density at radius 1 is 1.67 bits per heavy atom. The Morgan fingerprint density at radius 3 is 2.33 bits per heavy atom. The molecule has 70 valence electrons. The molecule has 4 nitrogen and oxygen atoms in total. The summed E-state index contributed by atoms with van der Waals surface area (Å²) in [6.07, 6.45) is 0. The number of nitrogens with two attached hydrogens (primary N) is 1. The predicted octanol–water partition coefficient (Wildman–Crippen LogP) is 0.960. The Hall–Kier alpha value is -0.430. The molecule has 0 aromatic carbocycles. The highest BCUT2D eigenvalue weighted by molar-refractivity contribution is 7.88. The Bertz CT molecular complexity index is 291. The largest absolute Gasteiger partial charge is 0.331 e. The van der Waals surface area contributed by atoms with Crippen LogP contribution in [0.5, 0.6) is 0 Å². The first-order valence-electron chi connectivity index (χ1n) is 3.23. The SMILES string of the molecule is CCN.O=S(=O)(O)c1cccs1. The van der Waals surface area contributed by atoms with E-state index in [0.717, 1.165) is 17.9 Å². The highest BCUT2D eigenvalue weighted by Crippen LogP contribution is 2.14. The fourth-order valence-corrected chi connectivity index (χ4v) is 1.76. The molecule has 0 unspecified atom stereocenters. The molecule has 0 aliphatic heterocycles. The van der Waals surface area contributed by atoms with Gasteiger partial charge in [0, 0.05) is 0 Å². The van der Waals surface area contributed by atoms with Gasteiger partial charge in [0.1, 0.15) is 4.21 Å². The highest BCUT2D eigenvalue weighted by Gasteiger charge is 2.08. The van der Waals surface area contributed by atoms with Gasteiger partial charge >= 0.3 is 10.1 Å². The average molecular weight is 209 g/mol. The average Bonchev–Trinajstić information content (AvgIpc) is 2.36. The number of hydrogen-bond acceptors (Lipinski definition) is 4. The summed E-state index contributed by atoms with van der Waals surface area (Å²) in [6.45, 7) is 2.65. The highest BCUT2D eigenvalue weighted by atomic mass is 32.3. The third-order valence-electron chi connectivity index (χ3n) is 0.749. The third-order valence-corrected chi connectivity index (χ3v) is 2.98. The minimum atomic E-state index is -3.94. The lowest BCUT2D eigenvalue weighted by atomic mass is 10.7. The molecule has 0 bridgehead atoms. The molecule has 0 atom stereocenters. The van der Waals surface area contributed by atoms with E-state index in [9.17, 15) is 8.42 Å². The fourth-order valence-electron chi connectivity index (χ4n) is 0.410. The second kappa shape index (κ2) is 5.26. The summed E-state index contributed by atoms with van der Waals surface area (Å²) in [5, 5.41) is 1.59. The summed E-state index contributed by atoms with van der Waals surface area (Å²) in [7, 11) is -3.94. The van der Waals surface area contributed by atoms with Gasteiger partial charge in [-0.3, -0.25) is 4.55 Å². The molecule has 6 heteroatoms. The molecule has 0 saturated carbocycles. The minimum absolute atomic E-state index is 0.0116. The Balaban J connectivity index is 0.000000354. The monoisotopic (exact) mass is 209 g/mol. The van der Waals surface area contributed by atoms with E-state index >= 15 is 0 Å². The van der Waals surface area contributed by atoms with Crippen molar-refractivity contribution >= 4 is 21.5 Å². The van der Waals surface area contributed by atoms with E-state index in [1.807, 2.05) is 6.92 Å². The smallest absolute Gasteiger partial charge is 0.304 e. The molecule has 1 aromatic rings. The van der Waals surface area contributed by atoms with Crippen molar-refractivity contribution in [1.29, 1.82) is 0 Å². The van der Waals surface area contributed by atoms with Crippen molar-refractivity contribution < 1.29 is 13.0 Å². The van der Waals surface area contributed by atoms with E-state index in [0.29, 0.717) is 0 Å². The molecular formula is C6H11NO3S2. The molecule has 3 N–H and O–H groups in total. The summed E-state index contributed by atoms with van der Waals surface area (Å²) < 4.78 is 28.9. The molecule has 0 saturated heterocycles. The van der Waals surface area contributed by atoms with E-state index in [1.165, 1.54) is 6.07 Å². The molecule has 0 spiro atoms. The quantitative estimate of drug-likeness (QED) is 0.675. The summed E-state index contributed by atoms with van der Waals surface area (Å²) in [5.74, 6) is 0. The lowest BCUT2D eigenvalue weighted by Crippen LogP contribution is -1.92. The van der Waals surface area contributed by atoms with Crippen LogP contribution in [0.25, 0.3) is 0 Å². The van der Waals surface area contributed by atoms with Gasteiger partial charge in [-0.25, -0.2) is 0 Å². The number of thiophene rings is 1. The van der Waals surface area contributed by atoms with Crippen molar-refractivity contribution in [3.05, 3.63) is 17.5 Å². The fraction of sp³-hybridized carbons (Fsp3) is 0.333. The van der Waals surface area contributed by atoms with Crippen LogP contribution >= 0.6 is 11.3 Å². The molecule has 0 radical (unpaired) electrons. The first kappa shape index (κ1) is 11.6. The van der Waals surface area contributed by atoms with Crippen LogP contribution in [0.3, 0.4) is 0 Å². The topological polar surface area (TPSA) is 80.4 Å². The van der Waals surface area contributed by atoms with Gasteiger partial charge in [-0.1, -0.05) is 13.0 Å². The van der Waals surface area contributed by atoms with Crippen LogP contribution in [0, 0.1) is 0 Å². The van der Waals surface area contributed by atoms with Crippen LogP contribution in [0.4, 0.5) is 0 Å². The molecule has 0 aliphatic rings. The lowest BCUT2D eigenvalue weighted by Gasteiger charge is -1.84. The second-order valence-corrected chi connectivity index (χ2v) is 4.41. The zero-order valence-corrected chi connectivity index (χ0v) is 8.23. The van der Waals surface area contributed by atoms with Crippen LogP contribution < -0.4 is 5.73 Å². The lowest BCUT2D eigenvalue weighted by molar-refractivity contribution is 0.485. The Morgan fingerprint density at radius 2 is 2.17 bits per heavy atom. The summed E-state index contributed by atoms with van der Waals surface area (Å²) in [5.41, 5.74) is 4.85. The first-order valence-corrected chi connectivity index (χ1v) is 5.55. The van der Waals surface area contributed by atoms with E-state index in [1.54, 1.807) is 11.4 Å². The molecular weight excluding hydrogens is 198 g/mol. The van der Waals surface area contributed by atoms with Crippen LogP contribution in [0.2, 0.25) is 0 Å². The van der Waals surface area contributed by atoms with Crippen molar-refractivity contribution in [3.8, 4) is 0 Å². The van der Waals surface area contributed by atoms with Crippen LogP contribution in [0.15, 0.2) is 21.7 Å². The standard InChI is InChI=1S/C4H4O3S2.C2H7N/c5-9(6,7)4-2-1-3-8-4;1-2-3/h1-3H,(H,5,6,7);2-3H2,1H3. The van der Waals surface area contributed by atoms with Crippen LogP contribution in [0.1, 0.15) is 6.92 Å². The third kappa shape index (κ3) is 4.45. The van der Waals surface area contributed by atoms with Gasteiger partial charge in [-0.2, -0.15) is 8.42 Å². The van der Waals surface area contributed by atoms with Gasteiger partial charge in [0.25, 0.3) is 0 Å². The molecule has 1 heterocycles. The van der Waals surface area contributed by atoms with E-state index in [-0.39, 0.29) is 4.21 Å². The van der Waals surface area contributed by atoms with Gasteiger partial charge in [0.05, 0.1) is 0 Å².